The summed E-state index contributed by atoms with van der Waals surface area (Å²) in [5, 5.41) is 5.95. The average molecular weight is 399 g/mol. The van der Waals surface area contributed by atoms with Gasteiger partial charge in [0.25, 0.3) is 0 Å². The van der Waals surface area contributed by atoms with E-state index in [1.807, 2.05) is 91.0 Å². The Kier molecular flexibility index (Phi) is 5.85. The van der Waals surface area contributed by atoms with Crippen molar-refractivity contribution in [2.45, 2.75) is 19.6 Å². The zero-order valence-electron chi connectivity index (χ0n) is 16.5. The van der Waals surface area contributed by atoms with E-state index in [9.17, 15) is 9.59 Å². The molecule has 0 unspecified atom stereocenters. The Bertz CT molecular complexity index is 1170. The van der Waals surface area contributed by atoms with E-state index in [-0.39, 0.29) is 11.3 Å². The van der Waals surface area contributed by atoms with Gasteiger partial charge in [-0.3, -0.25) is 4.79 Å². The molecule has 0 aliphatic heterocycles. The number of nitrogens with zero attached hydrogens (tertiary/aromatic N) is 2. The Balaban J connectivity index is 1.63. The van der Waals surface area contributed by atoms with E-state index in [2.05, 4.69) is 10.5 Å². The fourth-order valence-corrected chi connectivity index (χ4v) is 3.32. The number of hydrogen-bond acceptors (Lipinski definition) is 2. The summed E-state index contributed by atoms with van der Waals surface area (Å²) in [4.78, 5) is 26.0. The monoisotopic (exact) mass is 399 g/mol. The molecular formula is C24H23N4O2+. The molecule has 2 N–H and O–H groups in total. The number of amides is 1. The molecule has 0 radical (unpaired) electrons. The summed E-state index contributed by atoms with van der Waals surface area (Å²) in [6.07, 6.45) is 0. The van der Waals surface area contributed by atoms with Crippen LogP contribution < -0.4 is 15.6 Å². The molecular weight excluding hydrogens is 376 g/mol. The number of nitrogens with one attached hydrogen (secondary N) is 2. The van der Waals surface area contributed by atoms with Gasteiger partial charge in [-0.05, 0) is 16.7 Å². The van der Waals surface area contributed by atoms with Crippen molar-refractivity contribution in [3.63, 3.8) is 0 Å². The molecule has 0 aliphatic carbocycles. The van der Waals surface area contributed by atoms with E-state index >= 15 is 0 Å². The topological polar surface area (TPSA) is 70.8 Å². The number of aromatic amines is 1. The minimum absolute atomic E-state index is 0.0886. The molecule has 4 rings (SSSR count). The maximum Gasteiger partial charge on any atom is 0.406 e. The molecule has 1 heterocycles. The lowest BCUT2D eigenvalue weighted by molar-refractivity contribution is -0.749. The fourth-order valence-electron chi connectivity index (χ4n) is 3.32. The van der Waals surface area contributed by atoms with Crippen LogP contribution in [0.3, 0.4) is 0 Å². The van der Waals surface area contributed by atoms with Crippen LogP contribution in [-0.2, 0) is 19.6 Å². The van der Waals surface area contributed by atoms with Gasteiger partial charge in [0.2, 0.25) is 0 Å². The molecule has 0 atom stereocenters. The van der Waals surface area contributed by atoms with E-state index in [0.717, 1.165) is 16.7 Å². The third-order valence-electron chi connectivity index (χ3n) is 4.84. The van der Waals surface area contributed by atoms with Gasteiger partial charge >= 0.3 is 17.2 Å². The standard InChI is InChI=1S/C24H22N4O2/c29-23(25-16-19-10-4-1-5-11-19)22-24(30)28(18-21-14-8-3-9-15-21)26-27(22)17-20-12-6-2-7-13-20/h1-15H,16-18H2,(H-,25,26,29,30)/p+1. The second kappa shape index (κ2) is 9.05. The Labute approximate surface area is 174 Å². The lowest BCUT2D eigenvalue weighted by Crippen LogP contribution is -2.46. The molecule has 6 heteroatoms. The number of H-pyrrole nitrogens is 1. The second-order valence-electron chi connectivity index (χ2n) is 7.07. The summed E-state index contributed by atoms with van der Waals surface area (Å²) in [6, 6.07) is 29.0. The third kappa shape index (κ3) is 4.55. The maximum atomic E-state index is 13.1. The summed E-state index contributed by atoms with van der Waals surface area (Å²) in [5.41, 5.74) is 2.68. The van der Waals surface area contributed by atoms with E-state index in [0.29, 0.717) is 19.6 Å². The summed E-state index contributed by atoms with van der Waals surface area (Å²) >= 11 is 0. The summed E-state index contributed by atoms with van der Waals surface area (Å²) < 4.78 is 3.08. The van der Waals surface area contributed by atoms with E-state index in [4.69, 9.17) is 0 Å². The molecule has 1 amide bonds. The van der Waals surface area contributed by atoms with Crippen molar-refractivity contribution in [3.05, 3.63) is 124 Å². The van der Waals surface area contributed by atoms with Crippen molar-refractivity contribution in [3.8, 4) is 0 Å². The highest BCUT2D eigenvalue weighted by Gasteiger charge is 2.28. The minimum Gasteiger partial charge on any atom is -0.345 e. The van der Waals surface area contributed by atoms with Crippen molar-refractivity contribution < 1.29 is 9.48 Å². The molecule has 0 fully saturated rings. The van der Waals surface area contributed by atoms with Crippen molar-refractivity contribution >= 4 is 5.91 Å². The predicted molar refractivity (Wildman–Crippen MR) is 114 cm³/mol. The van der Waals surface area contributed by atoms with Crippen LogP contribution in [0.1, 0.15) is 27.2 Å². The van der Waals surface area contributed by atoms with E-state index in [1.54, 1.807) is 4.68 Å². The molecule has 30 heavy (non-hydrogen) atoms. The molecule has 6 nitrogen and oxygen atoms in total. The third-order valence-corrected chi connectivity index (χ3v) is 4.84. The van der Waals surface area contributed by atoms with Crippen LogP contribution in [0.15, 0.2) is 95.8 Å². The lowest BCUT2D eigenvalue weighted by Gasteiger charge is -2.04. The summed E-state index contributed by atoms with van der Waals surface area (Å²) in [7, 11) is 0. The van der Waals surface area contributed by atoms with Crippen LogP contribution >= 0.6 is 0 Å². The molecule has 0 saturated heterocycles. The van der Waals surface area contributed by atoms with Crippen molar-refractivity contribution in [2.24, 2.45) is 0 Å². The van der Waals surface area contributed by atoms with Crippen LogP contribution in [0.2, 0.25) is 0 Å². The van der Waals surface area contributed by atoms with Gasteiger partial charge in [0, 0.05) is 6.54 Å². The molecule has 3 aromatic carbocycles. The molecule has 4 aromatic rings. The van der Waals surface area contributed by atoms with E-state index < -0.39 is 5.91 Å². The molecule has 0 saturated carbocycles. The van der Waals surface area contributed by atoms with Gasteiger partial charge in [-0.1, -0.05) is 96.2 Å². The minimum atomic E-state index is -0.400. The zero-order chi connectivity index (χ0) is 20.8. The van der Waals surface area contributed by atoms with Crippen molar-refractivity contribution in [1.29, 1.82) is 0 Å². The number of carbonyl (C=O) groups is 1. The Morgan fingerprint density at radius 3 is 1.93 bits per heavy atom. The first-order chi connectivity index (χ1) is 14.7. The van der Waals surface area contributed by atoms with Gasteiger partial charge in [-0.2, -0.15) is 0 Å². The van der Waals surface area contributed by atoms with E-state index in [1.165, 1.54) is 4.68 Å². The van der Waals surface area contributed by atoms with Gasteiger partial charge in [-0.25, -0.2) is 4.79 Å². The van der Waals surface area contributed by atoms with Crippen LogP contribution in [0, 0.1) is 0 Å². The van der Waals surface area contributed by atoms with Gasteiger partial charge < -0.3 is 5.32 Å². The smallest absolute Gasteiger partial charge is 0.345 e. The Morgan fingerprint density at radius 1 is 0.800 bits per heavy atom. The lowest BCUT2D eigenvalue weighted by atomic mass is 10.2. The summed E-state index contributed by atoms with van der Waals surface area (Å²) in [6.45, 7) is 1.11. The SMILES string of the molecule is O=C(NCc1ccccc1)c1c(=O)n(Cc2ccccc2)[nH][n+]1Cc1ccccc1. The van der Waals surface area contributed by atoms with Crippen LogP contribution in [0.5, 0.6) is 0 Å². The van der Waals surface area contributed by atoms with Crippen LogP contribution in [0.4, 0.5) is 0 Å². The van der Waals surface area contributed by atoms with Crippen LogP contribution in [0.25, 0.3) is 0 Å². The van der Waals surface area contributed by atoms with Gasteiger partial charge in [-0.15, -0.1) is 9.36 Å². The second-order valence-corrected chi connectivity index (χ2v) is 7.07. The Morgan fingerprint density at radius 2 is 1.33 bits per heavy atom. The van der Waals surface area contributed by atoms with Crippen molar-refractivity contribution in [1.82, 2.24) is 15.2 Å². The average Bonchev–Trinajstić information content (AvgIpc) is 3.09. The first-order valence-electron chi connectivity index (χ1n) is 9.83. The number of rotatable bonds is 7. The van der Waals surface area contributed by atoms with Crippen LogP contribution in [-0.4, -0.2) is 15.8 Å². The number of carbonyl (C=O) groups excluding carboxylic acids is 1. The van der Waals surface area contributed by atoms with Gasteiger partial charge in [0.05, 0.1) is 0 Å². The highest BCUT2D eigenvalue weighted by molar-refractivity contribution is 5.90. The van der Waals surface area contributed by atoms with Crippen molar-refractivity contribution in [2.75, 3.05) is 0 Å². The highest BCUT2D eigenvalue weighted by atomic mass is 16.2. The quantitative estimate of drug-likeness (QED) is 0.469. The molecule has 150 valence electrons. The fraction of sp³-hybridized carbons (Fsp3) is 0.125. The number of benzene rings is 3. The number of aromatic nitrogens is 3. The Hall–Kier alpha value is -3.93. The largest absolute Gasteiger partial charge is 0.406 e. The first-order valence-corrected chi connectivity index (χ1v) is 9.83. The molecule has 0 aliphatic rings. The van der Waals surface area contributed by atoms with Gasteiger partial charge in [0.15, 0.2) is 0 Å². The first kappa shape index (κ1) is 19.4. The predicted octanol–water partition coefficient (Wildman–Crippen LogP) is 2.49. The zero-order valence-corrected chi connectivity index (χ0v) is 16.5. The maximum absolute atomic E-state index is 13.1. The molecule has 0 bridgehead atoms. The van der Waals surface area contributed by atoms with Gasteiger partial charge in [0.1, 0.15) is 13.1 Å². The molecule has 0 spiro atoms. The normalized spacial score (nSPS) is 10.7. The summed E-state index contributed by atoms with van der Waals surface area (Å²) in [5.74, 6) is -0.400. The number of hydrogen-bond donors (Lipinski definition) is 2. The highest BCUT2D eigenvalue weighted by Crippen LogP contribution is 2.02. The molecule has 1 aromatic heterocycles.